The Balaban J connectivity index is 1.96. The summed E-state index contributed by atoms with van der Waals surface area (Å²) in [6, 6.07) is 0. The van der Waals surface area contributed by atoms with Crippen LogP contribution in [-0.2, 0) is 4.79 Å². The van der Waals surface area contributed by atoms with Gasteiger partial charge in [-0.3, -0.25) is 4.79 Å². The fraction of sp³-hybridized carbons (Fsp3) is 0.944. The van der Waals surface area contributed by atoms with Crippen LogP contribution in [0.2, 0.25) is 0 Å². The van der Waals surface area contributed by atoms with Crippen molar-refractivity contribution < 1.29 is 9.90 Å². The first-order chi connectivity index (χ1) is 10.2. The first-order valence-corrected chi connectivity index (χ1v) is 9.14. The van der Waals surface area contributed by atoms with Crippen LogP contribution in [0, 0.1) is 0 Å². The zero-order valence-corrected chi connectivity index (χ0v) is 14.0. The predicted molar refractivity (Wildman–Crippen MR) is 88.3 cm³/mol. The number of unbranched alkanes of at least 4 members (excludes halogenated alkanes) is 8. The van der Waals surface area contributed by atoms with Gasteiger partial charge in [0.25, 0.3) is 0 Å². The van der Waals surface area contributed by atoms with Gasteiger partial charge in [-0.2, -0.15) is 0 Å². The molecule has 0 saturated heterocycles. The standard InChI is InChI=1S/C18H35NO2/c1-2-3-4-5-6-7-8-9-10-13-17(21)19-18(16-20)14-11-12-15-18/h20H,2-16H2,1H3,(H,19,21). The summed E-state index contributed by atoms with van der Waals surface area (Å²) in [5.41, 5.74) is -0.295. The third-order valence-electron chi connectivity index (χ3n) is 4.78. The van der Waals surface area contributed by atoms with E-state index in [0.29, 0.717) is 6.42 Å². The van der Waals surface area contributed by atoms with Gasteiger partial charge < -0.3 is 10.4 Å². The Morgan fingerprint density at radius 3 is 2.00 bits per heavy atom. The number of rotatable bonds is 12. The minimum atomic E-state index is -0.295. The van der Waals surface area contributed by atoms with Gasteiger partial charge in [-0.1, -0.05) is 71.1 Å². The minimum absolute atomic E-state index is 0.0938. The third kappa shape index (κ3) is 7.85. The van der Waals surface area contributed by atoms with Crippen LogP contribution in [0.25, 0.3) is 0 Å². The van der Waals surface area contributed by atoms with Crippen LogP contribution in [0.15, 0.2) is 0 Å². The molecule has 0 aromatic carbocycles. The Labute approximate surface area is 130 Å². The first-order valence-electron chi connectivity index (χ1n) is 9.14. The van der Waals surface area contributed by atoms with E-state index in [1.165, 1.54) is 44.9 Å². The highest BCUT2D eigenvalue weighted by Gasteiger charge is 2.34. The summed E-state index contributed by atoms with van der Waals surface area (Å²) in [5.74, 6) is 0.133. The highest BCUT2D eigenvalue weighted by atomic mass is 16.3. The van der Waals surface area contributed by atoms with Crippen molar-refractivity contribution in [1.82, 2.24) is 5.32 Å². The Morgan fingerprint density at radius 1 is 0.952 bits per heavy atom. The molecule has 0 atom stereocenters. The second-order valence-electron chi connectivity index (χ2n) is 6.77. The minimum Gasteiger partial charge on any atom is -0.394 e. The molecule has 0 radical (unpaired) electrons. The lowest BCUT2D eigenvalue weighted by Gasteiger charge is -2.28. The lowest BCUT2D eigenvalue weighted by Crippen LogP contribution is -2.49. The van der Waals surface area contributed by atoms with Crippen molar-refractivity contribution >= 4 is 5.91 Å². The van der Waals surface area contributed by atoms with Crippen LogP contribution in [0.3, 0.4) is 0 Å². The van der Waals surface area contributed by atoms with Gasteiger partial charge in [0.2, 0.25) is 5.91 Å². The Kier molecular flexibility index (Phi) is 9.73. The molecule has 124 valence electrons. The van der Waals surface area contributed by atoms with E-state index in [1.807, 2.05) is 0 Å². The number of aliphatic hydroxyl groups excluding tert-OH is 1. The molecule has 0 aromatic rings. The lowest BCUT2D eigenvalue weighted by molar-refractivity contribution is -0.123. The molecule has 1 rings (SSSR count). The third-order valence-corrected chi connectivity index (χ3v) is 4.78. The number of nitrogens with one attached hydrogen (secondary N) is 1. The van der Waals surface area contributed by atoms with E-state index in [0.717, 1.165) is 38.5 Å². The van der Waals surface area contributed by atoms with E-state index < -0.39 is 0 Å². The maximum absolute atomic E-state index is 11.9. The van der Waals surface area contributed by atoms with Crippen molar-refractivity contribution in [3.8, 4) is 0 Å². The molecule has 3 nitrogen and oxygen atoms in total. The fourth-order valence-corrected chi connectivity index (χ4v) is 3.33. The Morgan fingerprint density at radius 2 is 1.48 bits per heavy atom. The second kappa shape index (κ2) is 11.1. The van der Waals surface area contributed by atoms with Crippen LogP contribution >= 0.6 is 0 Å². The van der Waals surface area contributed by atoms with Crippen molar-refractivity contribution in [2.45, 2.75) is 102 Å². The maximum Gasteiger partial charge on any atom is 0.220 e. The van der Waals surface area contributed by atoms with Gasteiger partial charge in [0, 0.05) is 6.42 Å². The molecule has 1 amide bonds. The van der Waals surface area contributed by atoms with Gasteiger partial charge in [-0.25, -0.2) is 0 Å². The van der Waals surface area contributed by atoms with Gasteiger partial charge in [-0.15, -0.1) is 0 Å². The monoisotopic (exact) mass is 297 g/mol. The zero-order valence-electron chi connectivity index (χ0n) is 14.0. The van der Waals surface area contributed by atoms with Crippen LogP contribution in [0.4, 0.5) is 0 Å². The summed E-state index contributed by atoms with van der Waals surface area (Å²) in [7, 11) is 0. The van der Waals surface area contributed by atoms with Crippen molar-refractivity contribution in [2.24, 2.45) is 0 Å². The molecule has 0 aliphatic heterocycles. The number of hydrogen-bond acceptors (Lipinski definition) is 2. The van der Waals surface area contributed by atoms with Crippen molar-refractivity contribution in [2.75, 3.05) is 6.61 Å². The van der Waals surface area contributed by atoms with Gasteiger partial charge >= 0.3 is 0 Å². The number of aliphatic hydroxyl groups is 1. The summed E-state index contributed by atoms with van der Waals surface area (Å²) >= 11 is 0. The maximum atomic E-state index is 11.9. The van der Waals surface area contributed by atoms with Crippen LogP contribution in [0.1, 0.15) is 96.8 Å². The Hall–Kier alpha value is -0.570. The number of hydrogen-bond donors (Lipinski definition) is 2. The largest absolute Gasteiger partial charge is 0.394 e. The first kappa shape index (κ1) is 18.5. The van der Waals surface area contributed by atoms with E-state index in [-0.39, 0.29) is 18.1 Å². The number of amides is 1. The van der Waals surface area contributed by atoms with E-state index >= 15 is 0 Å². The smallest absolute Gasteiger partial charge is 0.220 e. The molecule has 0 aromatic heterocycles. The molecule has 0 unspecified atom stereocenters. The van der Waals surface area contributed by atoms with Gasteiger partial charge in [-0.05, 0) is 19.3 Å². The fourth-order valence-electron chi connectivity index (χ4n) is 3.33. The molecular formula is C18H35NO2. The molecule has 0 bridgehead atoms. The second-order valence-corrected chi connectivity index (χ2v) is 6.77. The Bertz CT molecular complexity index is 272. The number of carbonyl (C=O) groups is 1. The molecule has 1 aliphatic carbocycles. The quantitative estimate of drug-likeness (QED) is 0.527. The molecule has 3 heteroatoms. The summed E-state index contributed by atoms with van der Waals surface area (Å²) < 4.78 is 0. The molecule has 0 heterocycles. The van der Waals surface area contributed by atoms with E-state index in [4.69, 9.17) is 0 Å². The molecular weight excluding hydrogens is 262 g/mol. The van der Waals surface area contributed by atoms with E-state index in [9.17, 15) is 9.90 Å². The summed E-state index contributed by atoms with van der Waals surface area (Å²) in [4.78, 5) is 11.9. The zero-order chi connectivity index (χ0) is 15.4. The molecule has 0 spiro atoms. The van der Waals surface area contributed by atoms with Crippen molar-refractivity contribution in [1.29, 1.82) is 0 Å². The van der Waals surface area contributed by atoms with Gasteiger partial charge in [0.1, 0.15) is 0 Å². The summed E-state index contributed by atoms with van der Waals surface area (Å²) in [6.07, 6.45) is 16.2. The average molecular weight is 297 g/mol. The highest BCUT2D eigenvalue weighted by Crippen LogP contribution is 2.29. The number of carbonyl (C=O) groups excluding carboxylic acids is 1. The topological polar surface area (TPSA) is 49.3 Å². The van der Waals surface area contributed by atoms with Gasteiger partial charge in [0.15, 0.2) is 0 Å². The SMILES string of the molecule is CCCCCCCCCCCC(=O)NC1(CO)CCCC1. The normalized spacial score (nSPS) is 17.0. The molecule has 21 heavy (non-hydrogen) atoms. The molecule has 1 aliphatic rings. The van der Waals surface area contributed by atoms with Gasteiger partial charge in [0.05, 0.1) is 12.1 Å². The molecule has 1 fully saturated rings. The van der Waals surface area contributed by atoms with E-state index in [1.54, 1.807) is 0 Å². The lowest BCUT2D eigenvalue weighted by atomic mass is 9.98. The van der Waals surface area contributed by atoms with Crippen LogP contribution in [0.5, 0.6) is 0 Å². The predicted octanol–water partition coefficient (Wildman–Crippen LogP) is 4.33. The highest BCUT2D eigenvalue weighted by molar-refractivity contribution is 5.76. The molecule has 2 N–H and O–H groups in total. The summed E-state index contributed by atoms with van der Waals surface area (Å²) in [5, 5.41) is 12.6. The van der Waals surface area contributed by atoms with Crippen LogP contribution in [-0.4, -0.2) is 23.2 Å². The van der Waals surface area contributed by atoms with E-state index in [2.05, 4.69) is 12.2 Å². The van der Waals surface area contributed by atoms with Crippen LogP contribution < -0.4 is 5.32 Å². The van der Waals surface area contributed by atoms with Crippen molar-refractivity contribution in [3.05, 3.63) is 0 Å². The average Bonchev–Trinajstić information content (AvgIpc) is 2.94. The summed E-state index contributed by atoms with van der Waals surface area (Å²) in [6.45, 7) is 2.34. The van der Waals surface area contributed by atoms with Crippen molar-refractivity contribution in [3.63, 3.8) is 0 Å². The molecule has 1 saturated carbocycles.